The van der Waals surface area contributed by atoms with Crippen LogP contribution < -0.4 is 14.2 Å². The molecule has 0 aliphatic carbocycles. The number of carbonyl (C=O) groups is 1. The molecular weight excluding hydrogens is 457 g/mol. The second-order valence-electron chi connectivity index (χ2n) is 9.49. The summed E-state index contributed by atoms with van der Waals surface area (Å²) in [5.74, 6) is 2.65. The molecule has 1 saturated heterocycles. The lowest BCUT2D eigenvalue weighted by atomic mass is 9.90. The number of carbonyl (C=O) groups excluding carboxylic acids is 1. The molecule has 0 bridgehead atoms. The Balaban J connectivity index is 1.09. The number of nitrogens with zero attached hydrogens (tertiary/aromatic N) is 1. The molecule has 0 unspecified atom stereocenters. The molecule has 1 fully saturated rings. The normalized spacial score (nSPS) is 15.9. The molecule has 0 aromatic heterocycles. The number of rotatable bonds is 7. The third-order valence-electron chi connectivity index (χ3n) is 7.01. The Kier molecular flexibility index (Phi) is 7.70. The molecule has 188 valence electrons. The average Bonchev–Trinajstić information content (AvgIpc) is 3.17. The molecule has 0 N–H and O–H groups in total. The zero-order valence-corrected chi connectivity index (χ0v) is 20.5. The van der Waals surface area contributed by atoms with E-state index >= 15 is 0 Å². The van der Waals surface area contributed by atoms with Gasteiger partial charge in [0.25, 0.3) is 5.91 Å². The van der Waals surface area contributed by atoms with E-state index in [1.165, 1.54) is 17.7 Å². The summed E-state index contributed by atoms with van der Waals surface area (Å²) >= 11 is 0. The van der Waals surface area contributed by atoms with Crippen LogP contribution in [0.5, 0.6) is 17.2 Å². The SMILES string of the molecule is O=C(COc1ccccc1-c1ccc(F)cc1)N1CCC(CCc2ccc3c(c2)OCCCO3)CC1. The first kappa shape index (κ1) is 24.2. The van der Waals surface area contributed by atoms with Crippen molar-refractivity contribution in [1.29, 1.82) is 0 Å². The summed E-state index contributed by atoms with van der Waals surface area (Å²) in [4.78, 5) is 14.7. The first-order valence-electron chi connectivity index (χ1n) is 12.8. The van der Waals surface area contributed by atoms with Crippen molar-refractivity contribution >= 4 is 5.91 Å². The van der Waals surface area contributed by atoms with E-state index in [4.69, 9.17) is 14.2 Å². The number of para-hydroxylation sites is 1. The Morgan fingerprint density at radius 3 is 2.50 bits per heavy atom. The summed E-state index contributed by atoms with van der Waals surface area (Å²) in [6, 6.07) is 20.1. The summed E-state index contributed by atoms with van der Waals surface area (Å²) in [5.41, 5.74) is 2.97. The Morgan fingerprint density at radius 2 is 1.69 bits per heavy atom. The molecule has 2 aliphatic rings. The quantitative estimate of drug-likeness (QED) is 0.414. The number of hydrogen-bond acceptors (Lipinski definition) is 4. The molecule has 0 saturated carbocycles. The smallest absolute Gasteiger partial charge is 0.260 e. The van der Waals surface area contributed by atoms with Gasteiger partial charge in [0, 0.05) is 25.1 Å². The number of hydrogen-bond donors (Lipinski definition) is 0. The highest BCUT2D eigenvalue weighted by atomic mass is 19.1. The fraction of sp³-hybridized carbons (Fsp3) is 0.367. The summed E-state index contributed by atoms with van der Waals surface area (Å²) < 4.78 is 30.8. The third kappa shape index (κ3) is 5.99. The minimum absolute atomic E-state index is 0.0000707. The standard InChI is InChI=1S/C30H32FNO4/c31-25-11-9-24(10-12-25)26-4-1-2-5-27(26)36-21-30(33)32-16-14-22(15-17-32)6-7-23-8-13-28-29(20-23)35-19-3-18-34-28/h1-2,4-5,8-13,20,22H,3,6-7,14-19,21H2. The Hall–Kier alpha value is -3.54. The van der Waals surface area contributed by atoms with Crippen LogP contribution in [0, 0.1) is 11.7 Å². The van der Waals surface area contributed by atoms with Crippen molar-refractivity contribution in [3.05, 3.63) is 78.1 Å². The molecule has 3 aromatic carbocycles. The number of fused-ring (bicyclic) bond motifs is 1. The third-order valence-corrected chi connectivity index (χ3v) is 7.01. The summed E-state index contributed by atoms with van der Waals surface area (Å²) in [5, 5.41) is 0. The molecule has 0 spiro atoms. The van der Waals surface area contributed by atoms with Crippen molar-refractivity contribution in [3.63, 3.8) is 0 Å². The van der Waals surface area contributed by atoms with Gasteiger partial charge in [-0.3, -0.25) is 4.79 Å². The number of aryl methyl sites for hydroxylation is 1. The van der Waals surface area contributed by atoms with Gasteiger partial charge in [0.2, 0.25) is 0 Å². The minimum atomic E-state index is -0.280. The average molecular weight is 490 g/mol. The molecule has 5 nitrogen and oxygen atoms in total. The molecular formula is C30H32FNO4. The lowest BCUT2D eigenvalue weighted by Gasteiger charge is -2.32. The number of likely N-dealkylation sites (tertiary alicyclic amines) is 1. The van der Waals surface area contributed by atoms with Crippen molar-refractivity contribution in [2.75, 3.05) is 32.9 Å². The van der Waals surface area contributed by atoms with E-state index in [1.807, 2.05) is 35.2 Å². The van der Waals surface area contributed by atoms with E-state index in [-0.39, 0.29) is 18.3 Å². The Morgan fingerprint density at radius 1 is 0.944 bits per heavy atom. The van der Waals surface area contributed by atoms with Crippen LogP contribution in [0.25, 0.3) is 11.1 Å². The van der Waals surface area contributed by atoms with E-state index in [1.54, 1.807) is 12.1 Å². The topological polar surface area (TPSA) is 48.0 Å². The Labute approximate surface area is 211 Å². The number of ether oxygens (including phenoxy) is 3. The van der Waals surface area contributed by atoms with E-state index in [0.717, 1.165) is 67.8 Å². The molecule has 6 heteroatoms. The van der Waals surface area contributed by atoms with Crippen LogP contribution in [-0.4, -0.2) is 43.7 Å². The number of piperidine rings is 1. The van der Waals surface area contributed by atoms with Crippen molar-refractivity contribution in [2.45, 2.75) is 32.1 Å². The van der Waals surface area contributed by atoms with Crippen LogP contribution in [-0.2, 0) is 11.2 Å². The van der Waals surface area contributed by atoms with Crippen LogP contribution in [0.3, 0.4) is 0 Å². The van der Waals surface area contributed by atoms with Crippen molar-refractivity contribution in [1.82, 2.24) is 4.90 Å². The lowest BCUT2D eigenvalue weighted by Crippen LogP contribution is -2.41. The van der Waals surface area contributed by atoms with E-state index < -0.39 is 0 Å². The van der Waals surface area contributed by atoms with Gasteiger partial charge in [-0.2, -0.15) is 0 Å². The maximum atomic E-state index is 13.3. The fourth-order valence-corrected chi connectivity index (χ4v) is 4.90. The van der Waals surface area contributed by atoms with Crippen molar-refractivity contribution < 1.29 is 23.4 Å². The highest BCUT2D eigenvalue weighted by Gasteiger charge is 2.23. The minimum Gasteiger partial charge on any atom is -0.490 e. The van der Waals surface area contributed by atoms with Gasteiger partial charge < -0.3 is 19.1 Å². The lowest BCUT2D eigenvalue weighted by molar-refractivity contribution is -0.134. The summed E-state index contributed by atoms with van der Waals surface area (Å²) in [7, 11) is 0. The predicted molar refractivity (Wildman–Crippen MR) is 137 cm³/mol. The van der Waals surface area contributed by atoms with Crippen LogP contribution in [0.4, 0.5) is 4.39 Å². The zero-order chi connectivity index (χ0) is 24.7. The number of amides is 1. The molecule has 3 aromatic rings. The van der Waals surface area contributed by atoms with Crippen LogP contribution in [0.15, 0.2) is 66.7 Å². The highest BCUT2D eigenvalue weighted by Crippen LogP contribution is 2.32. The Bertz CT molecular complexity index is 1170. The molecule has 2 heterocycles. The van der Waals surface area contributed by atoms with Crippen LogP contribution >= 0.6 is 0 Å². The van der Waals surface area contributed by atoms with Gasteiger partial charge in [0.05, 0.1) is 13.2 Å². The van der Waals surface area contributed by atoms with Gasteiger partial charge in [-0.25, -0.2) is 4.39 Å². The molecule has 1 amide bonds. The van der Waals surface area contributed by atoms with Gasteiger partial charge in [0.15, 0.2) is 18.1 Å². The van der Waals surface area contributed by atoms with Gasteiger partial charge in [0.1, 0.15) is 11.6 Å². The molecule has 0 radical (unpaired) electrons. The molecule has 2 aliphatic heterocycles. The zero-order valence-electron chi connectivity index (χ0n) is 20.5. The highest BCUT2D eigenvalue weighted by molar-refractivity contribution is 5.78. The van der Waals surface area contributed by atoms with E-state index in [0.29, 0.717) is 24.9 Å². The first-order valence-corrected chi connectivity index (χ1v) is 12.8. The largest absolute Gasteiger partial charge is 0.490 e. The monoisotopic (exact) mass is 489 g/mol. The summed E-state index contributed by atoms with van der Waals surface area (Å²) in [6.45, 7) is 2.92. The first-order chi connectivity index (χ1) is 17.7. The number of halogens is 1. The van der Waals surface area contributed by atoms with Gasteiger partial charge in [-0.1, -0.05) is 36.4 Å². The molecule has 36 heavy (non-hydrogen) atoms. The number of benzene rings is 3. The van der Waals surface area contributed by atoms with Gasteiger partial charge in [-0.15, -0.1) is 0 Å². The maximum Gasteiger partial charge on any atom is 0.260 e. The van der Waals surface area contributed by atoms with Crippen LogP contribution in [0.2, 0.25) is 0 Å². The van der Waals surface area contributed by atoms with E-state index in [2.05, 4.69) is 12.1 Å². The molecule has 5 rings (SSSR count). The predicted octanol–water partition coefficient (Wildman–Crippen LogP) is 5.90. The van der Waals surface area contributed by atoms with E-state index in [9.17, 15) is 9.18 Å². The van der Waals surface area contributed by atoms with Crippen molar-refractivity contribution in [3.8, 4) is 28.4 Å². The summed E-state index contributed by atoms with van der Waals surface area (Å²) in [6.07, 6.45) is 5.01. The second-order valence-corrected chi connectivity index (χ2v) is 9.49. The van der Waals surface area contributed by atoms with Crippen LogP contribution in [0.1, 0.15) is 31.2 Å². The van der Waals surface area contributed by atoms with Gasteiger partial charge >= 0.3 is 0 Å². The second kappa shape index (κ2) is 11.5. The fourth-order valence-electron chi connectivity index (χ4n) is 4.90. The van der Waals surface area contributed by atoms with Crippen molar-refractivity contribution in [2.24, 2.45) is 5.92 Å². The maximum absolute atomic E-state index is 13.3. The van der Waals surface area contributed by atoms with Gasteiger partial charge in [-0.05, 0) is 73.1 Å². The molecule has 0 atom stereocenters.